The number of rotatable bonds is 2. The minimum absolute atomic E-state index is 0.0988. The van der Waals surface area contributed by atoms with Crippen LogP contribution in [0.2, 0.25) is 0 Å². The molecule has 1 atom stereocenters. The second-order valence-corrected chi connectivity index (χ2v) is 4.79. The second kappa shape index (κ2) is 5.11. The third-order valence-electron chi connectivity index (χ3n) is 3.46. The van der Waals surface area contributed by atoms with Crippen molar-refractivity contribution in [1.82, 2.24) is 15.0 Å². The topological polar surface area (TPSA) is 68.6 Å². The molecule has 2 aromatic rings. The Labute approximate surface area is 111 Å². The molecule has 0 spiro atoms. The molecule has 1 aliphatic rings. The first-order chi connectivity index (χ1) is 9.36. The summed E-state index contributed by atoms with van der Waals surface area (Å²) in [6.45, 7) is 1.67. The third kappa shape index (κ3) is 2.43. The molecule has 0 aliphatic carbocycles. The molecule has 19 heavy (non-hydrogen) atoms. The third-order valence-corrected chi connectivity index (χ3v) is 3.46. The summed E-state index contributed by atoms with van der Waals surface area (Å²) in [4.78, 5) is 14.0. The molecule has 3 rings (SSSR count). The van der Waals surface area contributed by atoms with Crippen molar-refractivity contribution in [2.45, 2.75) is 12.8 Å². The molecule has 0 radical (unpaired) electrons. The van der Waals surface area contributed by atoms with Gasteiger partial charge in [0.15, 0.2) is 0 Å². The van der Waals surface area contributed by atoms with Crippen LogP contribution in [0.5, 0.6) is 0 Å². The Kier molecular flexibility index (Phi) is 3.15. The average molecular weight is 253 g/mol. The molecule has 0 saturated carbocycles. The largest absolute Gasteiger partial charge is 0.367 e. The van der Waals surface area contributed by atoms with Crippen LogP contribution in [0.3, 0.4) is 0 Å². The van der Waals surface area contributed by atoms with Crippen LogP contribution in [-0.2, 0) is 0 Å². The molecule has 0 amide bonds. The summed E-state index contributed by atoms with van der Waals surface area (Å²) in [5, 5.41) is 9.00. The van der Waals surface area contributed by atoms with E-state index in [2.05, 4.69) is 25.9 Å². The Hall–Kier alpha value is -2.35. The van der Waals surface area contributed by atoms with Crippen molar-refractivity contribution in [1.29, 1.82) is 5.26 Å². The van der Waals surface area contributed by atoms with E-state index in [1.54, 1.807) is 0 Å². The molecule has 1 aliphatic heterocycles. The number of nitrogens with one attached hydrogen (secondary N) is 1. The molecule has 1 saturated heterocycles. The zero-order valence-electron chi connectivity index (χ0n) is 10.6. The molecule has 1 fully saturated rings. The van der Waals surface area contributed by atoms with Crippen LogP contribution in [-0.4, -0.2) is 28.0 Å². The molecule has 3 heterocycles. The number of H-pyrrole nitrogens is 1. The van der Waals surface area contributed by atoms with E-state index in [4.69, 9.17) is 5.26 Å². The maximum atomic E-state index is 9.00. The van der Waals surface area contributed by atoms with Crippen LogP contribution >= 0.6 is 0 Å². The Morgan fingerprint density at radius 1 is 1.32 bits per heavy atom. The van der Waals surface area contributed by atoms with Crippen LogP contribution < -0.4 is 4.90 Å². The molecular formula is C14H15N5. The van der Waals surface area contributed by atoms with Gasteiger partial charge in [0.1, 0.15) is 0 Å². The number of hydrogen-bond donors (Lipinski definition) is 1. The average Bonchev–Trinajstić information content (AvgIpc) is 3.02. The first kappa shape index (κ1) is 11.7. The standard InChI is InChI=1S/C14H15N5/c15-6-11-2-1-5-19(10-11)14-17-8-13(9-18-14)12-3-4-16-7-12/h3-4,7-9,11,16H,1-2,5,10H2. The molecule has 0 aromatic carbocycles. The van der Waals surface area contributed by atoms with E-state index in [9.17, 15) is 0 Å². The van der Waals surface area contributed by atoms with E-state index < -0.39 is 0 Å². The minimum atomic E-state index is 0.0988. The van der Waals surface area contributed by atoms with Gasteiger partial charge < -0.3 is 9.88 Å². The number of nitriles is 1. The van der Waals surface area contributed by atoms with Gasteiger partial charge in [-0.2, -0.15) is 5.26 Å². The van der Waals surface area contributed by atoms with E-state index in [1.165, 1.54) is 0 Å². The highest BCUT2D eigenvalue weighted by Gasteiger charge is 2.21. The van der Waals surface area contributed by atoms with Gasteiger partial charge in [-0.25, -0.2) is 9.97 Å². The molecule has 5 nitrogen and oxygen atoms in total. The summed E-state index contributed by atoms with van der Waals surface area (Å²) in [6, 6.07) is 4.33. The van der Waals surface area contributed by atoms with Crippen molar-refractivity contribution in [3.63, 3.8) is 0 Å². The summed E-state index contributed by atoms with van der Waals surface area (Å²) < 4.78 is 0. The van der Waals surface area contributed by atoms with Gasteiger partial charge >= 0.3 is 0 Å². The van der Waals surface area contributed by atoms with E-state index in [-0.39, 0.29) is 5.92 Å². The van der Waals surface area contributed by atoms with Crippen LogP contribution in [0.4, 0.5) is 5.95 Å². The normalized spacial score (nSPS) is 19.1. The molecule has 0 bridgehead atoms. The van der Waals surface area contributed by atoms with Crippen LogP contribution in [0, 0.1) is 17.2 Å². The van der Waals surface area contributed by atoms with Crippen LogP contribution in [0.25, 0.3) is 11.1 Å². The van der Waals surface area contributed by atoms with Gasteiger partial charge in [-0.15, -0.1) is 0 Å². The summed E-state index contributed by atoms with van der Waals surface area (Å²) in [5.41, 5.74) is 2.08. The monoisotopic (exact) mass is 253 g/mol. The van der Waals surface area contributed by atoms with Crippen molar-refractivity contribution >= 4 is 5.95 Å². The SMILES string of the molecule is N#CC1CCCN(c2ncc(-c3cc[nH]c3)cn2)C1. The quantitative estimate of drug-likeness (QED) is 0.891. The van der Waals surface area contributed by atoms with E-state index >= 15 is 0 Å². The molecule has 1 unspecified atom stereocenters. The van der Waals surface area contributed by atoms with Crippen molar-refractivity contribution in [3.05, 3.63) is 30.9 Å². The zero-order valence-corrected chi connectivity index (χ0v) is 10.6. The van der Waals surface area contributed by atoms with Gasteiger partial charge in [0, 0.05) is 49.0 Å². The Morgan fingerprint density at radius 3 is 2.84 bits per heavy atom. The first-order valence-electron chi connectivity index (χ1n) is 6.46. The second-order valence-electron chi connectivity index (χ2n) is 4.79. The lowest BCUT2D eigenvalue weighted by Gasteiger charge is -2.29. The molecular weight excluding hydrogens is 238 g/mol. The first-order valence-corrected chi connectivity index (χ1v) is 6.46. The molecule has 5 heteroatoms. The predicted octanol–water partition coefficient (Wildman–Crippen LogP) is 2.21. The minimum Gasteiger partial charge on any atom is -0.367 e. The van der Waals surface area contributed by atoms with Crippen molar-refractivity contribution in [2.24, 2.45) is 5.92 Å². The Balaban J connectivity index is 1.77. The Morgan fingerprint density at radius 2 is 2.16 bits per heavy atom. The lowest BCUT2D eigenvalue weighted by atomic mass is 10.0. The van der Waals surface area contributed by atoms with Gasteiger partial charge in [0.05, 0.1) is 12.0 Å². The van der Waals surface area contributed by atoms with Gasteiger partial charge in [-0.05, 0) is 18.9 Å². The Bertz CT molecular complexity index is 567. The summed E-state index contributed by atoms with van der Waals surface area (Å²) in [7, 11) is 0. The molecule has 2 aromatic heterocycles. The number of aromatic nitrogens is 3. The predicted molar refractivity (Wildman–Crippen MR) is 72.4 cm³/mol. The fraction of sp³-hybridized carbons (Fsp3) is 0.357. The van der Waals surface area contributed by atoms with Crippen molar-refractivity contribution < 1.29 is 0 Å². The highest BCUT2D eigenvalue weighted by Crippen LogP contribution is 2.22. The van der Waals surface area contributed by atoms with Crippen molar-refractivity contribution in [2.75, 3.05) is 18.0 Å². The van der Waals surface area contributed by atoms with Gasteiger partial charge in [-0.3, -0.25) is 0 Å². The highest BCUT2D eigenvalue weighted by atomic mass is 15.2. The fourth-order valence-corrected chi connectivity index (χ4v) is 2.40. The summed E-state index contributed by atoms with van der Waals surface area (Å²) in [5.74, 6) is 0.820. The van der Waals surface area contributed by atoms with Gasteiger partial charge in [0.25, 0.3) is 0 Å². The number of piperidine rings is 1. The van der Waals surface area contributed by atoms with Crippen molar-refractivity contribution in [3.8, 4) is 17.2 Å². The number of anilines is 1. The lowest BCUT2D eigenvalue weighted by Crippen LogP contribution is -2.35. The number of hydrogen-bond acceptors (Lipinski definition) is 4. The highest BCUT2D eigenvalue weighted by molar-refractivity contribution is 5.61. The van der Waals surface area contributed by atoms with Crippen LogP contribution in [0.1, 0.15) is 12.8 Å². The maximum absolute atomic E-state index is 9.00. The summed E-state index contributed by atoms with van der Waals surface area (Å²) in [6.07, 6.45) is 9.48. The maximum Gasteiger partial charge on any atom is 0.225 e. The molecule has 96 valence electrons. The van der Waals surface area contributed by atoms with E-state index in [1.807, 2.05) is 30.9 Å². The zero-order chi connectivity index (χ0) is 13.1. The van der Waals surface area contributed by atoms with E-state index in [0.29, 0.717) is 0 Å². The van der Waals surface area contributed by atoms with Gasteiger partial charge in [-0.1, -0.05) is 0 Å². The number of aromatic amines is 1. The smallest absolute Gasteiger partial charge is 0.225 e. The van der Waals surface area contributed by atoms with E-state index in [0.717, 1.165) is 43.0 Å². The number of nitrogens with zero attached hydrogens (tertiary/aromatic N) is 4. The lowest BCUT2D eigenvalue weighted by molar-refractivity contribution is 0.487. The molecule has 1 N–H and O–H groups in total. The fourth-order valence-electron chi connectivity index (χ4n) is 2.40. The van der Waals surface area contributed by atoms with Crippen LogP contribution in [0.15, 0.2) is 30.9 Å². The summed E-state index contributed by atoms with van der Waals surface area (Å²) >= 11 is 0. The van der Waals surface area contributed by atoms with Gasteiger partial charge in [0.2, 0.25) is 5.95 Å².